The summed E-state index contributed by atoms with van der Waals surface area (Å²) in [6.07, 6.45) is 0.670. The number of thiazole rings is 1. The Kier molecular flexibility index (Phi) is 3.22. The summed E-state index contributed by atoms with van der Waals surface area (Å²) in [6, 6.07) is 7.57. The van der Waals surface area contributed by atoms with Crippen molar-refractivity contribution in [1.82, 2.24) is 4.98 Å². The van der Waals surface area contributed by atoms with Crippen molar-refractivity contribution >= 4 is 29.2 Å². The van der Waals surface area contributed by atoms with Gasteiger partial charge >= 0.3 is 0 Å². The molecule has 0 saturated heterocycles. The van der Waals surface area contributed by atoms with E-state index in [0.29, 0.717) is 22.1 Å². The van der Waals surface area contributed by atoms with Crippen LogP contribution in [-0.2, 0) is 0 Å². The summed E-state index contributed by atoms with van der Waals surface area (Å²) >= 11 is 6.86. The Bertz CT molecular complexity index is 524. The maximum absolute atomic E-state index is 10.6. The molecule has 0 N–H and O–H groups in total. The molecule has 5 heteroatoms. The van der Waals surface area contributed by atoms with Crippen LogP contribution in [0.4, 0.5) is 0 Å². The van der Waals surface area contributed by atoms with Crippen LogP contribution in [0.15, 0.2) is 24.3 Å². The molecule has 0 aliphatic heterocycles. The lowest BCUT2D eigenvalue weighted by Crippen LogP contribution is -1.83. The number of benzene rings is 1. The Morgan fingerprint density at radius 1 is 1.50 bits per heavy atom. The highest BCUT2D eigenvalue weighted by atomic mass is 35.5. The lowest BCUT2D eigenvalue weighted by Gasteiger charge is -2.01. The van der Waals surface area contributed by atoms with E-state index in [1.807, 2.05) is 31.2 Å². The van der Waals surface area contributed by atoms with Gasteiger partial charge in [0.2, 0.25) is 0 Å². The van der Waals surface area contributed by atoms with Crippen molar-refractivity contribution < 1.29 is 9.53 Å². The van der Waals surface area contributed by atoms with Crippen LogP contribution in [0, 0.1) is 6.92 Å². The summed E-state index contributed by atoms with van der Waals surface area (Å²) in [4.78, 5) is 14.9. The molecule has 0 radical (unpaired) electrons. The molecule has 1 heterocycles. The highest BCUT2D eigenvalue weighted by Crippen LogP contribution is 2.30. The van der Waals surface area contributed by atoms with Crippen LogP contribution >= 0.6 is 22.9 Å². The molecule has 0 amide bonds. The first-order valence-electron chi connectivity index (χ1n) is 4.55. The number of halogens is 1. The molecule has 1 aromatic heterocycles. The lowest BCUT2D eigenvalue weighted by molar-refractivity contribution is 0.112. The topological polar surface area (TPSA) is 39.2 Å². The number of aromatic nitrogens is 1. The van der Waals surface area contributed by atoms with Crippen LogP contribution in [0.1, 0.15) is 15.2 Å². The molecule has 0 fully saturated rings. The Hall–Kier alpha value is -1.39. The minimum atomic E-state index is 0.183. The zero-order valence-corrected chi connectivity index (χ0v) is 10.0. The van der Waals surface area contributed by atoms with Crippen LogP contribution in [0.5, 0.6) is 10.9 Å². The molecule has 0 spiro atoms. The number of aldehydes is 1. The van der Waals surface area contributed by atoms with E-state index < -0.39 is 0 Å². The number of aryl methyl sites for hydroxylation is 1. The van der Waals surface area contributed by atoms with Gasteiger partial charge in [0.15, 0.2) is 11.4 Å². The molecule has 0 unspecified atom stereocenters. The maximum Gasteiger partial charge on any atom is 0.280 e. The fourth-order valence-electron chi connectivity index (χ4n) is 1.19. The zero-order chi connectivity index (χ0) is 11.5. The van der Waals surface area contributed by atoms with Crippen LogP contribution in [0.2, 0.25) is 5.15 Å². The monoisotopic (exact) mass is 253 g/mol. The first-order chi connectivity index (χ1) is 7.69. The molecule has 1 aromatic carbocycles. The average Bonchev–Trinajstić information content (AvgIpc) is 2.58. The SMILES string of the molecule is Cc1cccc(Oc2nc(Cl)c(C=O)s2)c1. The largest absolute Gasteiger partial charge is 0.431 e. The van der Waals surface area contributed by atoms with Crippen LogP contribution in [0.25, 0.3) is 0 Å². The van der Waals surface area contributed by atoms with Gasteiger partial charge in [-0.1, -0.05) is 35.1 Å². The Labute approximate surface area is 102 Å². The van der Waals surface area contributed by atoms with Gasteiger partial charge in [-0.25, -0.2) is 0 Å². The Morgan fingerprint density at radius 2 is 2.31 bits per heavy atom. The lowest BCUT2D eigenvalue weighted by atomic mass is 10.2. The first kappa shape index (κ1) is 11.1. The van der Waals surface area contributed by atoms with Gasteiger partial charge in [-0.2, -0.15) is 4.98 Å². The number of carbonyl (C=O) groups is 1. The third-order valence-electron chi connectivity index (χ3n) is 1.89. The number of hydrogen-bond donors (Lipinski definition) is 0. The molecule has 3 nitrogen and oxygen atoms in total. The number of rotatable bonds is 3. The molecule has 0 atom stereocenters. The number of carbonyl (C=O) groups excluding carboxylic acids is 1. The van der Waals surface area contributed by atoms with Gasteiger partial charge in [0.1, 0.15) is 10.6 Å². The third kappa shape index (κ3) is 2.40. The fourth-order valence-corrected chi connectivity index (χ4v) is 2.12. The van der Waals surface area contributed by atoms with Crippen molar-refractivity contribution in [2.75, 3.05) is 0 Å². The molecular formula is C11H8ClNO2S. The predicted molar refractivity (Wildman–Crippen MR) is 63.8 cm³/mol. The van der Waals surface area contributed by atoms with Gasteiger partial charge in [0.25, 0.3) is 5.19 Å². The number of ether oxygens (including phenoxy) is 1. The van der Waals surface area contributed by atoms with E-state index in [1.165, 1.54) is 0 Å². The summed E-state index contributed by atoms with van der Waals surface area (Å²) in [5, 5.41) is 0.556. The third-order valence-corrected chi connectivity index (χ3v) is 3.15. The van der Waals surface area contributed by atoms with Crippen molar-refractivity contribution in [3.8, 4) is 10.9 Å². The first-order valence-corrected chi connectivity index (χ1v) is 5.74. The second-order valence-corrected chi connectivity index (χ2v) is 4.52. The molecule has 0 aliphatic rings. The molecular weight excluding hydrogens is 246 g/mol. The van der Waals surface area contributed by atoms with Crippen LogP contribution in [0.3, 0.4) is 0 Å². The van der Waals surface area contributed by atoms with Crippen LogP contribution in [-0.4, -0.2) is 11.3 Å². The summed E-state index contributed by atoms with van der Waals surface area (Å²) in [7, 11) is 0. The molecule has 2 aromatic rings. The van der Waals surface area contributed by atoms with E-state index in [2.05, 4.69) is 4.98 Å². The van der Waals surface area contributed by atoms with Crippen molar-refractivity contribution in [3.05, 3.63) is 39.9 Å². The Balaban J connectivity index is 2.23. The van der Waals surface area contributed by atoms with Gasteiger partial charge < -0.3 is 4.74 Å². The summed E-state index contributed by atoms with van der Waals surface area (Å²) in [5.41, 5.74) is 1.09. The van der Waals surface area contributed by atoms with E-state index in [9.17, 15) is 4.79 Å². The molecule has 82 valence electrons. The molecule has 0 saturated carbocycles. The Morgan fingerprint density at radius 3 is 2.94 bits per heavy atom. The van der Waals surface area contributed by atoms with Gasteiger partial charge in [-0.3, -0.25) is 4.79 Å². The van der Waals surface area contributed by atoms with Crippen LogP contribution < -0.4 is 4.74 Å². The highest BCUT2D eigenvalue weighted by molar-refractivity contribution is 7.15. The summed E-state index contributed by atoms with van der Waals surface area (Å²) in [6.45, 7) is 1.97. The number of nitrogens with zero attached hydrogens (tertiary/aromatic N) is 1. The second kappa shape index (κ2) is 4.63. The smallest absolute Gasteiger partial charge is 0.280 e. The van der Waals surface area contributed by atoms with Crippen molar-refractivity contribution in [1.29, 1.82) is 0 Å². The van der Waals surface area contributed by atoms with Gasteiger partial charge in [-0.15, -0.1) is 0 Å². The van der Waals surface area contributed by atoms with E-state index >= 15 is 0 Å². The van der Waals surface area contributed by atoms with E-state index in [4.69, 9.17) is 16.3 Å². The minimum absolute atomic E-state index is 0.183. The molecule has 16 heavy (non-hydrogen) atoms. The van der Waals surface area contributed by atoms with Gasteiger partial charge in [0.05, 0.1) is 0 Å². The zero-order valence-electron chi connectivity index (χ0n) is 8.44. The van der Waals surface area contributed by atoms with Crippen molar-refractivity contribution in [2.45, 2.75) is 6.92 Å². The quantitative estimate of drug-likeness (QED) is 0.783. The minimum Gasteiger partial charge on any atom is -0.431 e. The molecule has 2 rings (SSSR count). The van der Waals surface area contributed by atoms with E-state index in [0.717, 1.165) is 16.9 Å². The standard InChI is InChI=1S/C11H8ClNO2S/c1-7-3-2-4-8(5-7)15-11-13-10(12)9(6-14)16-11/h2-6H,1H3. The number of hydrogen-bond acceptors (Lipinski definition) is 4. The highest BCUT2D eigenvalue weighted by Gasteiger charge is 2.09. The van der Waals surface area contributed by atoms with Gasteiger partial charge in [-0.05, 0) is 24.6 Å². The fraction of sp³-hybridized carbons (Fsp3) is 0.0909. The average molecular weight is 254 g/mol. The summed E-state index contributed by atoms with van der Waals surface area (Å²) in [5.74, 6) is 0.683. The van der Waals surface area contributed by atoms with E-state index in [-0.39, 0.29) is 5.15 Å². The predicted octanol–water partition coefficient (Wildman–Crippen LogP) is 3.71. The second-order valence-electron chi connectivity index (χ2n) is 3.17. The molecule has 0 bridgehead atoms. The maximum atomic E-state index is 10.6. The van der Waals surface area contributed by atoms with E-state index in [1.54, 1.807) is 0 Å². The van der Waals surface area contributed by atoms with Gasteiger partial charge in [0, 0.05) is 0 Å². The van der Waals surface area contributed by atoms with Crippen molar-refractivity contribution in [3.63, 3.8) is 0 Å². The normalized spacial score (nSPS) is 10.1. The molecule has 0 aliphatic carbocycles. The van der Waals surface area contributed by atoms with Crippen molar-refractivity contribution in [2.24, 2.45) is 0 Å². The summed E-state index contributed by atoms with van der Waals surface area (Å²) < 4.78 is 5.49.